The second-order valence-electron chi connectivity index (χ2n) is 5.91. The third-order valence-corrected chi connectivity index (χ3v) is 5.44. The fourth-order valence-electron chi connectivity index (χ4n) is 2.54. The molecule has 0 aliphatic heterocycles. The number of amides is 1. The van der Waals surface area contributed by atoms with Crippen LogP contribution in [0.1, 0.15) is 18.9 Å². The number of anilines is 2. The number of carbonyl (C=O) groups is 1. The Morgan fingerprint density at radius 2 is 1.85 bits per heavy atom. The summed E-state index contributed by atoms with van der Waals surface area (Å²) in [5.74, 6) is -0.990. The standard InChI is InChI=1S/C18H20ClFN2O3S/c1-4-17(18(23)21-14-8-5-12(2)16(19)11-14)22(26(3,24)25)15-9-6-13(20)7-10-15/h5-11,17H,4H2,1-3H3,(H,21,23)/t17-/m1/s1. The van der Waals surface area contributed by atoms with Gasteiger partial charge in [0.15, 0.2) is 0 Å². The minimum atomic E-state index is -3.77. The number of hydrogen-bond donors (Lipinski definition) is 1. The molecule has 140 valence electrons. The summed E-state index contributed by atoms with van der Waals surface area (Å²) < 4.78 is 38.8. The van der Waals surface area contributed by atoms with Gasteiger partial charge >= 0.3 is 0 Å². The molecule has 2 aromatic rings. The number of sulfonamides is 1. The Bertz CT molecular complexity index is 901. The Labute approximate surface area is 157 Å². The van der Waals surface area contributed by atoms with Crippen LogP contribution in [0, 0.1) is 12.7 Å². The number of halogens is 2. The first kappa shape index (κ1) is 20.2. The molecule has 1 amide bonds. The minimum absolute atomic E-state index is 0.220. The molecule has 0 heterocycles. The summed E-state index contributed by atoms with van der Waals surface area (Å²) >= 11 is 6.06. The lowest BCUT2D eigenvalue weighted by Gasteiger charge is -2.30. The van der Waals surface area contributed by atoms with Crippen molar-refractivity contribution in [2.45, 2.75) is 26.3 Å². The minimum Gasteiger partial charge on any atom is -0.324 e. The Kier molecular flexibility index (Phi) is 6.26. The second kappa shape index (κ2) is 8.05. The molecule has 0 saturated carbocycles. The van der Waals surface area contributed by atoms with Gasteiger partial charge in [0.25, 0.3) is 0 Å². The molecule has 8 heteroatoms. The zero-order valence-corrected chi connectivity index (χ0v) is 16.2. The highest BCUT2D eigenvalue weighted by Gasteiger charge is 2.31. The van der Waals surface area contributed by atoms with E-state index in [0.29, 0.717) is 10.7 Å². The lowest BCUT2D eigenvalue weighted by Crippen LogP contribution is -2.47. The number of rotatable bonds is 6. The Morgan fingerprint density at radius 1 is 1.23 bits per heavy atom. The van der Waals surface area contributed by atoms with Gasteiger partial charge in [0.05, 0.1) is 11.9 Å². The van der Waals surface area contributed by atoms with E-state index in [1.165, 1.54) is 12.1 Å². The highest BCUT2D eigenvalue weighted by molar-refractivity contribution is 7.92. The fourth-order valence-corrected chi connectivity index (χ4v) is 3.94. The molecule has 0 spiro atoms. The van der Waals surface area contributed by atoms with E-state index in [0.717, 1.165) is 28.3 Å². The monoisotopic (exact) mass is 398 g/mol. The highest BCUT2D eigenvalue weighted by Crippen LogP contribution is 2.25. The second-order valence-corrected chi connectivity index (χ2v) is 8.18. The lowest BCUT2D eigenvalue weighted by atomic mass is 10.1. The van der Waals surface area contributed by atoms with Gasteiger partial charge in [0, 0.05) is 10.7 Å². The van der Waals surface area contributed by atoms with Crippen LogP contribution in [0.25, 0.3) is 0 Å². The van der Waals surface area contributed by atoms with Crippen LogP contribution in [0.4, 0.5) is 15.8 Å². The topological polar surface area (TPSA) is 66.5 Å². The molecule has 0 radical (unpaired) electrons. The Hall–Kier alpha value is -2.12. The largest absolute Gasteiger partial charge is 0.324 e. The van der Waals surface area contributed by atoms with E-state index in [1.54, 1.807) is 25.1 Å². The number of benzene rings is 2. The summed E-state index contributed by atoms with van der Waals surface area (Å²) in [5, 5.41) is 3.19. The summed E-state index contributed by atoms with van der Waals surface area (Å²) in [6, 6.07) is 9.02. The SMILES string of the molecule is CC[C@H](C(=O)Nc1ccc(C)c(Cl)c1)N(c1ccc(F)cc1)S(C)(=O)=O. The van der Waals surface area contributed by atoms with Crippen LogP contribution in [0.15, 0.2) is 42.5 Å². The van der Waals surface area contributed by atoms with Crippen molar-refractivity contribution in [3.63, 3.8) is 0 Å². The smallest absolute Gasteiger partial charge is 0.248 e. The van der Waals surface area contributed by atoms with E-state index in [2.05, 4.69) is 5.32 Å². The number of aryl methyl sites for hydroxylation is 1. The molecule has 0 saturated heterocycles. The van der Waals surface area contributed by atoms with Crippen molar-refractivity contribution in [1.82, 2.24) is 0 Å². The van der Waals surface area contributed by atoms with Gasteiger partial charge in [-0.15, -0.1) is 0 Å². The van der Waals surface area contributed by atoms with Crippen LogP contribution in [-0.4, -0.2) is 26.6 Å². The first-order valence-electron chi connectivity index (χ1n) is 7.95. The van der Waals surface area contributed by atoms with E-state index < -0.39 is 27.8 Å². The van der Waals surface area contributed by atoms with Crippen molar-refractivity contribution in [1.29, 1.82) is 0 Å². The maximum Gasteiger partial charge on any atom is 0.248 e. The van der Waals surface area contributed by atoms with E-state index >= 15 is 0 Å². The summed E-state index contributed by atoms with van der Waals surface area (Å²) in [6.45, 7) is 3.54. The molecule has 0 bridgehead atoms. The van der Waals surface area contributed by atoms with Gasteiger partial charge in [-0.1, -0.05) is 24.6 Å². The zero-order valence-electron chi connectivity index (χ0n) is 14.7. The maximum absolute atomic E-state index is 13.2. The van der Waals surface area contributed by atoms with Crippen LogP contribution in [0.2, 0.25) is 5.02 Å². The van der Waals surface area contributed by atoms with Gasteiger partial charge < -0.3 is 5.32 Å². The average Bonchev–Trinajstić information content (AvgIpc) is 2.56. The normalized spacial score (nSPS) is 12.5. The highest BCUT2D eigenvalue weighted by atomic mass is 35.5. The lowest BCUT2D eigenvalue weighted by molar-refractivity contribution is -0.117. The zero-order chi connectivity index (χ0) is 19.5. The van der Waals surface area contributed by atoms with Crippen LogP contribution >= 0.6 is 11.6 Å². The quantitative estimate of drug-likeness (QED) is 0.800. The molecule has 5 nitrogen and oxygen atoms in total. The molecular formula is C18H20ClFN2O3S. The first-order valence-corrected chi connectivity index (χ1v) is 10.2. The number of hydrogen-bond acceptors (Lipinski definition) is 3. The number of carbonyl (C=O) groups excluding carboxylic acids is 1. The van der Waals surface area contributed by atoms with Crippen LogP contribution in [0.3, 0.4) is 0 Å². The fraction of sp³-hybridized carbons (Fsp3) is 0.278. The molecule has 1 N–H and O–H groups in total. The third-order valence-electron chi connectivity index (χ3n) is 3.85. The molecule has 2 rings (SSSR count). The predicted molar refractivity (Wildman–Crippen MR) is 103 cm³/mol. The third kappa shape index (κ3) is 4.74. The molecule has 0 aliphatic rings. The Balaban J connectivity index is 2.36. The van der Waals surface area contributed by atoms with Crippen molar-refractivity contribution in [3.05, 3.63) is 58.9 Å². The van der Waals surface area contributed by atoms with Crippen LogP contribution < -0.4 is 9.62 Å². The van der Waals surface area contributed by atoms with Gasteiger partial charge in [-0.2, -0.15) is 0 Å². The summed E-state index contributed by atoms with van der Waals surface area (Å²) in [7, 11) is -3.77. The molecule has 0 aliphatic carbocycles. The van der Waals surface area contributed by atoms with Gasteiger partial charge in [0.1, 0.15) is 11.9 Å². The van der Waals surface area contributed by atoms with Crippen molar-refractivity contribution in [2.24, 2.45) is 0 Å². The van der Waals surface area contributed by atoms with Gasteiger partial charge in [-0.3, -0.25) is 9.10 Å². The van der Waals surface area contributed by atoms with Gasteiger partial charge in [0.2, 0.25) is 15.9 Å². The molecule has 0 fully saturated rings. The molecule has 1 atom stereocenters. The molecule has 2 aromatic carbocycles. The van der Waals surface area contributed by atoms with Crippen LogP contribution in [0.5, 0.6) is 0 Å². The molecule has 0 unspecified atom stereocenters. The number of nitrogens with one attached hydrogen (secondary N) is 1. The van der Waals surface area contributed by atoms with Crippen molar-refractivity contribution in [2.75, 3.05) is 15.9 Å². The Morgan fingerprint density at radius 3 is 2.35 bits per heavy atom. The van der Waals surface area contributed by atoms with E-state index in [-0.39, 0.29) is 12.1 Å². The van der Waals surface area contributed by atoms with Crippen LogP contribution in [-0.2, 0) is 14.8 Å². The van der Waals surface area contributed by atoms with Crippen molar-refractivity contribution < 1.29 is 17.6 Å². The summed E-state index contributed by atoms with van der Waals surface area (Å²) in [5.41, 5.74) is 1.55. The number of nitrogens with zero attached hydrogens (tertiary/aromatic N) is 1. The molecular weight excluding hydrogens is 379 g/mol. The van der Waals surface area contributed by atoms with Crippen molar-refractivity contribution >= 4 is 38.9 Å². The summed E-state index contributed by atoms with van der Waals surface area (Å²) in [6.07, 6.45) is 1.24. The first-order chi connectivity index (χ1) is 12.1. The average molecular weight is 399 g/mol. The molecule has 0 aromatic heterocycles. The maximum atomic E-state index is 13.2. The predicted octanol–water partition coefficient (Wildman–Crippen LogP) is 3.97. The van der Waals surface area contributed by atoms with Gasteiger partial charge in [-0.25, -0.2) is 12.8 Å². The van der Waals surface area contributed by atoms with E-state index in [1.807, 2.05) is 6.92 Å². The van der Waals surface area contributed by atoms with E-state index in [9.17, 15) is 17.6 Å². The van der Waals surface area contributed by atoms with Crippen molar-refractivity contribution in [3.8, 4) is 0 Å². The van der Waals surface area contributed by atoms with Gasteiger partial charge in [-0.05, 0) is 55.3 Å². The summed E-state index contributed by atoms with van der Waals surface area (Å²) in [4.78, 5) is 12.7. The van der Waals surface area contributed by atoms with E-state index in [4.69, 9.17) is 11.6 Å². The molecule has 26 heavy (non-hydrogen) atoms.